The average molecular weight is 266 g/mol. The van der Waals surface area contributed by atoms with Crippen LogP contribution in [0.4, 0.5) is 5.13 Å². The van der Waals surface area contributed by atoms with Crippen LogP contribution in [-0.4, -0.2) is 39.4 Å². The van der Waals surface area contributed by atoms with Gasteiger partial charge in [-0.3, -0.25) is 4.90 Å². The molecule has 1 N–H and O–H groups in total. The number of rotatable bonds is 3. The summed E-state index contributed by atoms with van der Waals surface area (Å²) in [6, 6.07) is 1.31. The molecular weight excluding hydrogens is 244 g/mol. The van der Waals surface area contributed by atoms with Gasteiger partial charge in [-0.15, -0.1) is 0 Å². The van der Waals surface area contributed by atoms with Crippen LogP contribution in [0.5, 0.6) is 0 Å². The van der Waals surface area contributed by atoms with Crippen molar-refractivity contribution in [2.24, 2.45) is 0 Å². The first kappa shape index (κ1) is 12.4. The zero-order valence-corrected chi connectivity index (χ0v) is 12.0. The number of fused-ring (bicyclic) bond motifs is 1. The van der Waals surface area contributed by atoms with Crippen molar-refractivity contribution < 1.29 is 0 Å². The molecule has 1 aromatic heterocycles. The Balaban J connectivity index is 1.65. The van der Waals surface area contributed by atoms with Crippen LogP contribution in [0.3, 0.4) is 0 Å². The van der Waals surface area contributed by atoms with Crippen molar-refractivity contribution in [3.63, 3.8) is 0 Å². The Bertz CT molecular complexity index is 403. The number of aromatic nitrogens is 2. The topological polar surface area (TPSA) is 41.1 Å². The van der Waals surface area contributed by atoms with E-state index in [2.05, 4.69) is 33.4 Å². The molecule has 0 radical (unpaired) electrons. The maximum absolute atomic E-state index is 4.59. The smallest absolute Gasteiger partial charge is 0.202 e. The second-order valence-electron chi connectivity index (χ2n) is 5.75. The van der Waals surface area contributed by atoms with E-state index in [1.54, 1.807) is 0 Å². The van der Waals surface area contributed by atoms with Gasteiger partial charge >= 0.3 is 0 Å². The fraction of sp³-hybridized carbons (Fsp3) is 0.846. The van der Waals surface area contributed by atoms with E-state index in [0.29, 0.717) is 12.0 Å². The Labute approximate surface area is 113 Å². The van der Waals surface area contributed by atoms with Gasteiger partial charge in [0.05, 0.1) is 0 Å². The molecule has 2 saturated heterocycles. The van der Waals surface area contributed by atoms with E-state index in [-0.39, 0.29) is 0 Å². The third kappa shape index (κ3) is 2.38. The molecule has 0 aliphatic carbocycles. The van der Waals surface area contributed by atoms with Crippen LogP contribution in [0.25, 0.3) is 0 Å². The molecule has 0 aromatic carbocycles. The largest absolute Gasteiger partial charge is 0.356 e. The third-order valence-electron chi connectivity index (χ3n) is 4.12. The van der Waals surface area contributed by atoms with Gasteiger partial charge in [0.2, 0.25) is 5.13 Å². The molecule has 3 heterocycles. The van der Waals surface area contributed by atoms with Gasteiger partial charge in [0.25, 0.3) is 0 Å². The molecule has 0 amide bonds. The lowest BCUT2D eigenvalue weighted by Crippen LogP contribution is -2.41. The van der Waals surface area contributed by atoms with Crippen molar-refractivity contribution in [3.05, 3.63) is 5.82 Å². The molecule has 3 rings (SSSR count). The number of hydrogen-bond acceptors (Lipinski definition) is 5. The first-order chi connectivity index (χ1) is 8.74. The van der Waals surface area contributed by atoms with Gasteiger partial charge in [-0.2, -0.15) is 4.37 Å². The lowest BCUT2D eigenvalue weighted by atomic mass is 9.99. The minimum atomic E-state index is 0.423. The van der Waals surface area contributed by atoms with Gasteiger partial charge in [-0.25, -0.2) is 4.98 Å². The highest BCUT2D eigenvalue weighted by Crippen LogP contribution is 2.30. The summed E-state index contributed by atoms with van der Waals surface area (Å²) in [6.45, 7) is 6.82. The van der Waals surface area contributed by atoms with Crippen LogP contribution in [0, 0.1) is 0 Å². The van der Waals surface area contributed by atoms with Crippen molar-refractivity contribution >= 4 is 16.7 Å². The zero-order valence-electron chi connectivity index (χ0n) is 11.2. The van der Waals surface area contributed by atoms with Crippen molar-refractivity contribution in [2.45, 2.75) is 57.5 Å². The molecule has 2 unspecified atom stereocenters. The molecule has 1 aromatic rings. The van der Waals surface area contributed by atoms with Crippen LogP contribution in [0.2, 0.25) is 0 Å². The molecule has 0 bridgehead atoms. The predicted octanol–water partition coefficient (Wildman–Crippen LogP) is 2.70. The fourth-order valence-corrected chi connectivity index (χ4v) is 3.87. The standard InChI is InChI=1S/C13H22N4S/c1-9(2)12-15-13(18-16-12)14-10-6-8-17-7-4-3-5-11(10)17/h9-11H,3-8H2,1-2H3,(H,14,15,16). The highest BCUT2D eigenvalue weighted by Gasteiger charge is 2.35. The van der Waals surface area contributed by atoms with Crippen molar-refractivity contribution in [2.75, 3.05) is 18.4 Å². The summed E-state index contributed by atoms with van der Waals surface area (Å²) in [4.78, 5) is 7.23. The van der Waals surface area contributed by atoms with Crippen molar-refractivity contribution in [1.82, 2.24) is 14.3 Å². The summed E-state index contributed by atoms with van der Waals surface area (Å²) < 4.78 is 4.42. The van der Waals surface area contributed by atoms with Gasteiger partial charge < -0.3 is 5.32 Å². The zero-order chi connectivity index (χ0) is 12.5. The summed E-state index contributed by atoms with van der Waals surface area (Å²) in [6.07, 6.45) is 5.35. The molecule has 0 spiro atoms. The minimum absolute atomic E-state index is 0.423. The first-order valence-corrected chi connectivity index (χ1v) is 7.85. The second kappa shape index (κ2) is 5.13. The van der Waals surface area contributed by atoms with Gasteiger partial charge in [0.1, 0.15) is 5.82 Å². The van der Waals surface area contributed by atoms with Crippen LogP contribution >= 0.6 is 11.5 Å². The van der Waals surface area contributed by atoms with E-state index in [1.807, 2.05) is 0 Å². The monoisotopic (exact) mass is 266 g/mol. The quantitative estimate of drug-likeness (QED) is 0.913. The Morgan fingerprint density at radius 1 is 1.28 bits per heavy atom. The van der Waals surface area contributed by atoms with Gasteiger partial charge in [0, 0.05) is 36.1 Å². The number of piperidine rings is 1. The number of nitrogens with one attached hydrogen (secondary N) is 1. The van der Waals surface area contributed by atoms with Gasteiger partial charge in [-0.05, 0) is 25.8 Å². The summed E-state index contributed by atoms with van der Waals surface area (Å²) in [7, 11) is 0. The number of hydrogen-bond donors (Lipinski definition) is 1. The predicted molar refractivity (Wildman–Crippen MR) is 75.2 cm³/mol. The van der Waals surface area contributed by atoms with Gasteiger partial charge in [-0.1, -0.05) is 20.3 Å². The Morgan fingerprint density at radius 2 is 2.17 bits per heavy atom. The number of nitrogens with zero attached hydrogens (tertiary/aromatic N) is 3. The molecule has 2 aliphatic rings. The van der Waals surface area contributed by atoms with E-state index >= 15 is 0 Å². The van der Waals surface area contributed by atoms with E-state index in [4.69, 9.17) is 0 Å². The summed E-state index contributed by atoms with van der Waals surface area (Å²) in [5.41, 5.74) is 0. The summed E-state index contributed by atoms with van der Waals surface area (Å²) in [5, 5.41) is 4.63. The molecule has 18 heavy (non-hydrogen) atoms. The normalized spacial score (nSPS) is 28.6. The highest BCUT2D eigenvalue weighted by atomic mass is 32.1. The lowest BCUT2D eigenvalue weighted by molar-refractivity contribution is 0.193. The first-order valence-electron chi connectivity index (χ1n) is 7.08. The maximum atomic E-state index is 4.59. The second-order valence-corrected chi connectivity index (χ2v) is 6.50. The molecule has 5 heteroatoms. The summed E-state index contributed by atoms with van der Waals surface area (Å²) >= 11 is 1.51. The van der Waals surface area contributed by atoms with Crippen LogP contribution < -0.4 is 5.32 Å². The van der Waals surface area contributed by atoms with E-state index in [1.165, 1.54) is 50.3 Å². The highest BCUT2D eigenvalue weighted by molar-refractivity contribution is 7.09. The van der Waals surface area contributed by atoms with E-state index < -0.39 is 0 Å². The fourth-order valence-electron chi connectivity index (χ4n) is 3.10. The van der Waals surface area contributed by atoms with Crippen LogP contribution in [0.1, 0.15) is 51.3 Å². The Kier molecular flexibility index (Phi) is 3.52. The Hall–Kier alpha value is -0.680. The molecule has 2 fully saturated rings. The van der Waals surface area contributed by atoms with Crippen molar-refractivity contribution in [3.8, 4) is 0 Å². The van der Waals surface area contributed by atoms with Crippen molar-refractivity contribution in [1.29, 1.82) is 0 Å². The number of anilines is 1. The van der Waals surface area contributed by atoms with E-state index in [0.717, 1.165) is 17.0 Å². The van der Waals surface area contributed by atoms with Crippen LogP contribution in [-0.2, 0) is 0 Å². The third-order valence-corrected chi connectivity index (χ3v) is 4.78. The van der Waals surface area contributed by atoms with Crippen LogP contribution in [0.15, 0.2) is 0 Å². The molecule has 100 valence electrons. The molecule has 4 nitrogen and oxygen atoms in total. The van der Waals surface area contributed by atoms with E-state index in [9.17, 15) is 0 Å². The molecule has 2 aliphatic heterocycles. The SMILES string of the molecule is CC(C)c1nsc(NC2CCN3CCCCC23)n1. The van der Waals surface area contributed by atoms with Gasteiger partial charge in [0.15, 0.2) is 0 Å². The maximum Gasteiger partial charge on any atom is 0.202 e. The Morgan fingerprint density at radius 3 is 2.94 bits per heavy atom. The lowest BCUT2D eigenvalue weighted by Gasteiger charge is -2.32. The summed E-state index contributed by atoms with van der Waals surface area (Å²) in [5.74, 6) is 1.40. The average Bonchev–Trinajstić information content (AvgIpc) is 2.98. The molecule has 0 saturated carbocycles. The molecule has 2 atom stereocenters. The minimum Gasteiger partial charge on any atom is -0.356 e. The molecular formula is C13H22N4S.